The van der Waals surface area contributed by atoms with Crippen LogP contribution in [0.2, 0.25) is 0 Å². The summed E-state index contributed by atoms with van der Waals surface area (Å²) < 4.78 is 23.4. The first-order valence-electron chi connectivity index (χ1n) is 5.28. The van der Waals surface area contributed by atoms with Gasteiger partial charge < -0.3 is 9.47 Å². The Balaban J connectivity index is 2.78. The van der Waals surface area contributed by atoms with E-state index in [1.165, 1.54) is 12.1 Å². The Morgan fingerprint density at radius 3 is 2.69 bits per heavy atom. The predicted molar refractivity (Wildman–Crippen MR) is 58.1 cm³/mol. The van der Waals surface area contributed by atoms with Gasteiger partial charge in [0.2, 0.25) is 0 Å². The van der Waals surface area contributed by atoms with Crippen molar-refractivity contribution in [2.45, 2.75) is 20.3 Å². The fourth-order valence-corrected chi connectivity index (χ4v) is 1.18. The fourth-order valence-electron chi connectivity index (χ4n) is 1.18. The quantitative estimate of drug-likeness (QED) is 0.724. The smallest absolute Gasteiger partial charge is 0.341 e. The van der Waals surface area contributed by atoms with Crippen molar-refractivity contribution in [3.05, 3.63) is 29.6 Å². The topological polar surface area (TPSA) is 35.5 Å². The van der Waals surface area contributed by atoms with Crippen LogP contribution >= 0.6 is 0 Å². The van der Waals surface area contributed by atoms with Crippen LogP contribution < -0.4 is 4.74 Å². The van der Waals surface area contributed by atoms with Crippen LogP contribution in [0.3, 0.4) is 0 Å². The van der Waals surface area contributed by atoms with Gasteiger partial charge in [-0.1, -0.05) is 6.92 Å². The van der Waals surface area contributed by atoms with Crippen molar-refractivity contribution in [1.82, 2.24) is 0 Å². The molecule has 0 spiro atoms. The zero-order valence-electron chi connectivity index (χ0n) is 9.46. The van der Waals surface area contributed by atoms with Crippen LogP contribution in [0, 0.1) is 5.82 Å². The van der Waals surface area contributed by atoms with Crippen LogP contribution in [0.1, 0.15) is 30.6 Å². The van der Waals surface area contributed by atoms with Gasteiger partial charge >= 0.3 is 5.97 Å². The second-order valence-corrected chi connectivity index (χ2v) is 3.21. The predicted octanol–water partition coefficient (Wildman–Crippen LogP) is 2.79. The standard InChI is InChI=1S/C12H15FO3/c1-3-7-16-9-5-6-10(11(13)8-9)12(14)15-4-2/h5-6,8H,3-4,7H2,1-2H3. The first-order chi connectivity index (χ1) is 7.69. The van der Waals surface area contributed by atoms with Gasteiger partial charge in [0.15, 0.2) is 0 Å². The summed E-state index contributed by atoms with van der Waals surface area (Å²) in [6, 6.07) is 4.13. The molecule has 0 saturated carbocycles. The first-order valence-corrected chi connectivity index (χ1v) is 5.28. The average molecular weight is 226 g/mol. The molecule has 0 unspecified atom stereocenters. The summed E-state index contributed by atoms with van der Waals surface area (Å²) in [6.45, 7) is 4.39. The molecule has 1 aromatic rings. The lowest BCUT2D eigenvalue weighted by molar-refractivity contribution is 0.0521. The van der Waals surface area contributed by atoms with Crippen LogP contribution in [-0.4, -0.2) is 19.2 Å². The van der Waals surface area contributed by atoms with Crippen molar-refractivity contribution in [1.29, 1.82) is 0 Å². The summed E-state index contributed by atoms with van der Waals surface area (Å²) in [5.41, 5.74) is -0.0642. The molecule has 0 aliphatic heterocycles. The molecule has 0 amide bonds. The number of carbonyl (C=O) groups excluding carboxylic acids is 1. The van der Waals surface area contributed by atoms with E-state index in [2.05, 4.69) is 0 Å². The van der Waals surface area contributed by atoms with Gasteiger partial charge in [-0.15, -0.1) is 0 Å². The Morgan fingerprint density at radius 2 is 2.12 bits per heavy atom. The minimum Gasteiger partial charge on any atom is -0.494 e. The van der Waals surface area contributed by atoms with Gasteiger partial charge in [0, 0.05) is 6.07 Å². The second kappa shape index (κ2) is 6.10. The van der Waals surface area contributed by atoms with Crippen molar-refractivity contribution in [2.75, 3.05) is 13.2 Å². The molecular weight excluding hydrogens is 211 g/mol. The molecule has 0 heterocycles. The molecule has 0 radical (unpaired) electrons. The van der Waals surface area contributed by atoms with Gasteiger partial charge in [0.25, 0.3) is 0 Å². The molecule has 0 aromatic heterocycles. The summed E-state index contributed by atoms with van der Waals surface area (Å²) in [5, 5.41) is 0. The molecule has 0 fully saturated rings. The maximum absolute atomic E-state index is 13.5. The van der Waals surface area contributed by atoms with Gasteiger partial charge in [-0.05, 0) is 25.5 Å². The van der Waals surface area contributed by atoms with Gasteiger partial charge in [0.05, 0.1) is 18.8 Å². The summed E-state index contributed by atoms with van der Waals surface area (Å²) in [4.78, 5) is 11.3. The lowest BCUT2D eigenvalue weighted by Gasteiger charge is -2.07. The Kier molecular flexibility index (Phi) is 4.76. The summed E-state index contributed by atoms with van der Waals surface area (Å²) in [6.07, 6.45) is 0.848. The molecule has 0 aliphatic carbocycles. The van der Waals surface area contributed by atoms with Crippen LogP contribution in [0.4, 0.5) is 4.39 Å². The maximum atomic E-state index is 13.5. The number of benzene rings is 1. The lowest BCUT2D eigenvalue weighted by atomic mass is 10.2. The van der Waals surface area contributed by atoms with Crippen LogP contribution in [-0.2, 0) is 4.74 Å². The van der Waals surface area contributed by atoms with Crippen molar-refractivity contribution in [2.24, 2.45) is 0 Å². The third-order valence-electron chi connectivity index (χ3n) is 1.91. The van der Waals surface area contributed by atoms with Gasteiger partial charge in [0.1, 0.15) is 11.6 Å². The van der Waals surface area contributed by atoms with E-state index >= 15 is 0 Å². The van der Waals surface area contributed by atoms with Crippen LogP contribution in [0.15, 0.2) is 18.2 Å². The largest absolute Gasteiger partial charge is 0.494 e. The summed E-state index contributed by atoms with van der Waals surface area (Å²) in [5.74, 6) is -0.846. The molecule has 0 aliphatic rings. The molecular formula is C12H15FO3. The van der Waals surface area contributed by atoms with Crippen molar-refractivity contribution < 1.29 is 18.7 Å². The van der Waals surface area contributed by atoms with Gasteiger partial charge in [-0.25, -0.2) is 9.18 Å². The number of hydrogen-bond acceptors (Lipinski definition) is 3. The second-order valence-electron chi connectivity index (χ2n) is 3.21. The highest BCUT2D eigenvalue weighted by Gasteiger charge is 2.13. The van der Waals surface area contributed by atoms with Gasteiger partial charge in [-0.3, -0.25) is 0 Å². The van der Waals surface area contributed by atoms with E-state index in [0.717, 1.165) is 6.42 Å². The van der Waals surface area contributed by atoms with E-state index in [-0.39, 0.29) is 12.2 Å². The lowest BCUT2D eigenvalue weighted by Crippen LogP contribution is -2.07. The Labute approximate surface area is 94.2 Å². The molecule has 1 rings (SSSR count). The molecule has 4 heteroatoms. The van der Waals surface area contributed by atoms with E-state index in [4.69, 9.17) is 9.47 Å². The number of halogens is 1. The third-order valence-corrected chi connectivity index (χ3v) is 1.91. The first kappa shape index (κ1) is 12.5. The molecule has 1 aromatic carbocycles. The van der Waals surface area contributed by atoms with Crippen LogP contribution in [0.25, 0.3) is 0 Å². The maximum Gasteiger partial charge on any atom is 0.341 e. The zero-order valence-corrected chi connectivity index (χ0v) is 9.46. The molecule has 16 heavy (non-hydrogen) atoms. The molecule has 0 atom stereocenters. The highest BCUT2D eigenvalue weighted by atomic mass is 19.1. The van der Waals surface area contributed by atoms with E-state index < -0.39 is 11.8 Å². The molecule has 0 bridgehead atoms. The van der Waals surface area contributed by atoms with Gasteiger partial charge in [-0.2, -0.15) is 0 Å². The average Bonchev–Trinajstić information content (AvgIpc) is 2.26. The van der Waals surface area contributed by atoms with E-state index in [9.17, 15) is 9.18 Å². The third kappa shape index (κ3) is 3.22. The highest BCUT2D eigenvalue weighted by Crippen LogP contribution is 2.17. The minimum absolute atomic E-state index is 0.0642. The zero-order chi connectivity index (χ0) is 12.0. The number of carbonyl (C=O) groups is 1. The Hall–Kier alpha value is -1.58. The van der Waals surface area contributed by atoms with Crippen molar-refractivity contribution >= 4 is 5.97 Å². The van der Waals surface area contributed by atoms with E-state index in [0.29, 0.717) is 12.4 Å². The molecule has 3 nitrogen and oxygen atoms in total. The highest BCUT2D eigenvalue weighted by molar-refractivity contribution is 5.89. The normalized spacial score (nSPS) is 9.94. The number of hydrogen-bond donors (Lipinski definition) is 0. The SMILES string of the molecule is CCCOc1ccc(C(=O)OCC)c(F)c1. The fraction of sp³-hybridized carbons (Fsp3) is 0.417. The Bertz CT molecular complexity index is 363. The number of esters is 1. The summed E-state index contributed by atoms with van der Waals surface area (Å²) in [7, 11) is 0. The number of ether oxygens (including phenoxy) is 2. The van der Waals surface area contributed by atoms with Crippen LogP contribution in [0.5, 0.6) is 5.75 Å². The van der Waals surface area contributed by atoms with Crippen molar-refractivity contribution in [3.8, 4) is 5.75 Å². The van der Waals surface area contributed by atoms with E-state index in [1.807, 2.05) is 6.92 Å². The summed E-state index contributed by atoms with van der Waals surface area (Å²) >= 11 is 0. The Morgan fingerprint density at radius 1 is 1.38 bits per heavy atom. The van der Waals surface area contributed by atoms with E-state index in [1.54, 1.807) is 13.0 Å². The van der Waals surface area contributed by atoms with Crippen molar-refractivity contribution in [3.63, 3.8) is 0 Å². The minimum atomic E-state index is -0.651. The molecule has 0 saturated heterocycles. The number of rotatable bonds is 5. The molecule has 0 N–H and O–H groups in total. The molecule has 88 valence electrons. The monoisotopic (exact) mass is 226 g/mol.